The fraction of sp³-hybridized carbons (Fsp3) is 0.531. The van der Waals surface area contributed by atoms with E-state index in [4.69, 9.17) is 43.0 Å². The van der Waals surface area contributed by atoms with Gasteiger partial charge in [0.1, 0.15) is 23.7 Å². The van der Waals surface area contributed by atoms with Crippen molar-refractivity contribution >= 4 is 5.97 Å². The number of aliphatic hydroxyl groups is 1. The topological polar surface area (TPSA) is 131 Å². The molecule has 0 spiro atoms. The molecule has 3 aromatic rings. The molecule has 0 saturated carbocycles. The average molecular weight is 835 g/mol. The lowest BCUT2D eigenvalue weighted by Crippen LogP contribution is -2.34. The summed E-state index contributed by atoms with van der Waals surface area (Å²) in [6.45, 7) is 14.6. The highest BCUT2D eigenvalue weighted by molar-refractivity contribution is 5.87. The summed E-state index contributed by atoms with van der Waals surface area (Å²) in [6.07, 6.45) is 14.0. The van der Waals surface area contributed by atoms with Crippen LogP contribution in [0.15, 0.2) is 103 Å². The van der Waals surface area contributed by atoms with Crippen LogP contribution in [-0.2, 0) is 41.6 Å². The van der Waals surface area contributed by atoms with Crippen LogP contribution in [0, 0.1) is 0 Å². The summed E-state index contributed by atoms with van der Waals surface area (Å²) in [5.74, 6) is -0.265. The number of carbonyl (C=O) groups is 1. The zero-order valence-electron chi connectivity index (χ0n) is 37.0. The van der Waals surface area contributed by atoms with Gasteiger partial charge in [-0.05, 0) is 107 Å². The third-order valence-corrected chi connectivity index (χ3v) is 9.59. The first-order chi connectivity index (χ1) is 28.8. The summed E-state index contributed by atoms with van der Waals surface area (Å²) in [5, 5.41) is 18.8. The molecule has 0 radical (unpaired) electrons. The van der Waals surface area contributed by atoms with Gasteiger partial charge in [-0.25, -0.2) is 4.79 Å². The summed E-state index contributed by atoms with van der Waals surface area (Å²) < 4.78 is 45.4. The van der Waals surface area contributed by atoms with Crippen molar-refractivity contribution < 1.29 is 52.9 Å². The van der Waals surface area contributed by atoms with E-state index in [-0.39, 0.29) is 24.4 Å². The maximum absolute atomic E-state index is 10.4. The minimum absolute atomic E-state index is 0.0685. The molecule has 5 rings (SSSR count). The molecule has 3 aromatic carbocycles. The predicted molar refractivity (Wildman–Crippen MR) is 234 cm³/mol. The van der Waals surface area contributed by atoms with Crippen molar-refractivity contribution in [1.29, 1.82) is 0 Å². The average Bonchev–Trinajstić information content (AvgIpc) is 3.72. The SMILES string of the molecule is CCC[C@@H]1OC(C)(C)OC1C(O)/C=C\CCOCc1ccc(OC)cc1.CCC[C@@H]1OC(C)(C)OC1C/C=C\CCOCc1ccc(OC)cc1.O=C(O)c1ccccc1. The Morgan fingerprint density at radius 3 is 1.65 bits per heavy atom. The minimum atomic E-state index is -0.879. The summed E-state index contributed by atoms with van der Waals surface area (Å²) in [6, 6.07) is 24.1. The van der Waals surface area contributed by atoms with Crippen molar-refractivity contribution in [2.24, 2.45) is 0 Å². The zero-order chi connectivity index (χ0) is 43.8. The highest BCUT2D eigenvalue weighted by Crippen LogP contribution is 2.33. The van der Waals surface area contributed by atoms with Gasteiger partial charge in [0.25, 0.3) is 0 Å². The van der Waals surface area contributed by atoms with Crippen LogP contribution in [-0.4, -0.2) is 85.7 Å². The maximum Gasteiger partial charge on any atom is 0.335 e. The number of aliphatic hydroxyl groups excluding tert-OH is 1. The molecule has 0 bridgehead atoms. The lowest BCUT2D eigenvalue weighted by Gasteiger charge is -2.19. The lowest BCUT2D eigenvalue weighted by atomic mass is 10.0. The van der Waals surface area contributed by atoms with Crippen molar-refractivity contribution in [2.45, 2.75) is 142 Å². The Hall–Kier alpha value is -4.07. The fourth-order valence-electron chi connectivity index (χ4n) is 6.70. The van der Waals surface area contributed by atoms with E-state index in [1.807, 2.05) is 82.3 Å². The molecule has 2 fully saturated rings. The molecule has 11 nitrogen and oxygen atoms in total. The van der Waals surface area contributed by atoms with E-state index in [1.54, 1.807) is 50.6 Å². The second-order valence-electron chi connectivity index (χ2n) is 15.6. The van der Waals surface area contributed by atoms with Gasteiger partial charge in [-0.15, -0.1) is 0 Å². The van der Waals surface area contributed by atoms with Gasteiger partial charge in [0.05, 0.1) is 64.5 Å². The number of ether oxygens (including phenoxy) is 8. The molecule has 2 heterocycles. The van der Waals surface area contributed by atoms with Crippen LogP contribution >= 0.6 is 0 Å². The van der Waals surface area contributed by atoms with Gasteiger partial charge in [-0.3, -0.25) is 0 Å². The minimum Gasteiger partial charge on any atom is -0.497 e. The molecule has 11 heteroatoms. The standard InChI is InChI=1S/C21H32O5.C21H32O4.C7H6O2/c1-5-8-19-20(26-21(2,3)25-19)18(22)9-6-7-14-24-15-16-10-12-17(23-4)13-11-16;1-5-9-19-20(25-21(2,3)24-19)10-7-6-8-15-23-16-17-11-13-18(22-4)14-12-17;8-7(9)6-4-2-1-3-5-6/h6,9-13,18-20,22H,5,7-8,14-15H2,1-4H3;6-7,11-14,19-20H,5,8-10,15-16H2,1-4H3;1-5H,(H,8,9)/b9-6-;7-6-;/t18?,19-,20?;19-,20?;/m00./s1. The third kappa shape index (κ3) is 19.1. The lowest BCUT2D eigenvalue weighted by molar-refractivity contribution is -0.152. The maximum atomic E-state index is 10.4. The number of methoxy groups -OCH3 is 2. The summed E-state index contributed by atoms with van der Waals surface area (Å²) >= 11 is 0. The van der Waals surface area contributed by atoms with Crippen molar-refractivity contribution in [3.05, 3.63) is 120 Å². The van der Waals surface area contributed by atoms with Crippen molar-refractivity contribution in [3.63, 3.8) is 0 Å². The smallest absolute Gasteiger partial charge is 0.335 e. The van der Waals surface area contributed by atoms with Crippen LogP contribution in [0.25, 0.3) is 0 Å². The Labute approximate surface area is 358 Å². The quantitative estimate of drug-likeness (QED) is 0.0785. The van der Waals surface area contributed by atoms with Gasteiger partial charge in [0.2, 0.25) is 0 Å². The number of carboxylic acids is 1. The van der Waals surface area contributed by atoms with E-state index < -0.39 is 23.6 Å². The molecule has 0 amide bonds. The van der Waals surface area contributed by atoms with Crippen molar-refractivity contribution in [2.75, 3.05) is 27.4 Å². The number of carboxylic acid groups (broad SMARTS) is 1. The Bertz CT molecular complexity index is 1650. The van der Waals surface area contributed by atoms with Crippen LogP contribution in [0.3, 0.4) is 0 Å². The Morgan fingerprint density at radius 1 is 0.667 bits per heavy atom. The molecule has 3 unspecified atom stereocenters. The fourth-order valence-corrected chi connectivity index (χ4v) is 6.70. The largest absolute Gasteiger partial charge is 0.497 e. The molecule has 0 aromatic heterocycles. The monoisotopic (exact) mass is 834 g/mol. The van der Waals surface area contributed by atoms with Crippen LogP contribution in [0.2, 0.25) is 0 Å². The van der Waals surface area contributed by atoms with Crippen LogP contribution < -0.4 is 9.47 Å². The van der Waals surface area contributed by atoms with Crippen LogP contribution in [0.1, 0.15) is 108 Å². The van der Waals surface area contributed by atoms with Gasteiger partial charge in [0, 0.05) is 0 Å². The van der Waals surface area contributed by atoms with E-state index >= 15 is 0 Å². The number of hydrogen-bond acceptors (Lipinski definition) is 10. The van der Waals surface area contributed by atoms with Gasteiger partial charge < -0.3 is 48.1 Å². The van der Waals surface area contributed by atoms with Crippen molar-refractivity contribution in [3.8, 4) is 11.5 Å². The molecule has 2 N–H and O–H groups in total. The normalized spacial score (nSPS) is 20.9. The molecule has 2 aliphatic rings. The molecule has 2 aliphatic heterocycles. The number of hydrogen-bond donors (Lipinski definition) is 2. The van der Waals surface area contributed by atoms with Crippen LogP contribution in [0.4, 0.5) is 0 Å². The van der Waals surface area contributed by atoms with Gasteiger partial charge in [0.15, 0.2) is 11.6 Å². The van der Waals surface area contributed by atoms with Gasteiger partial charge in [-0.1, -0.05) is 93.5 Å². The molecular weight excluding hydrogens is 765 g/mol. The van der Waals surface area contributed by atoms with Gasteiger partial charge >= 0.3 is 5.97 Å². The predicted octanol–water partition coefficient (Wildman–Crippen LogP) is 10.1. The summed E-state index contributed by atoms with van der Waals surface area (Å²) in [4.78, 5) is 10.2. The second-order valence-corrected chi connectivity index (χ2v) is 15.6. The van der Waals surface area contributed by atoms with Crippen LogP contribution in [0.5, 0.6) is 11.5 Å². The van der Waals surface area contributed by atoms with E-state index in [1.165, 1.54) is 0 Å². The molecule has 332 valence electrons. The molecule has 0 aliphatic carbocycles. The molecular formula is C49H70O11. The molecule has 5 atom stereocenters. The Morgan fingerprint density at radius 2 is 1.15 bits per heavy atom. The summed E-state index contributed by atoms with van der Waals surface area (Å²) in [5.41, 5.74) is 2.60. The first-order valence-electron chi connectivity index (χ1n) is 21.2. The first-order valence-corrected chi connectivity index (χ1v) is 21.2. The van der Waals surface area contributed by atoms with E-state index in [9.17, 15) is 9.90 Å². The zero-order valence-corrected chi connectivity index (χ0v) is 37.0. The highest BCUT2D eigenvalue weighted by Gasteiger charge is 2.43. The first kappa shape index (κ1) is 50.3. The third-order valence-electron chi connectivity index (χ3n) is 9.59. The highest BCUT2D eigenvalue weighted by atomic mass is 16.8. The molecule has 60 heavy (non-hydrogen) atoms. The van der Waals surface area contributed by atoms with Crippen molar-refractivity contribution in [1.82, 2.24) is 0 Å². The molecule has 2 saturated heterocycles. The number of rotatable bonds is 21. The number of benzene rings is 3. The Kier molecular flexibility index (Phi) is 22.6. The van der Waals surface area contributed by atoms with E-state index in [0.29, 0.717) is 32.0 Å². The van der Waals surface area contributed by atoms with E-state index in [2.05, 4.69) is 26.0 Å². The Balaban J connectivity index is 0.000000266. The second kappa shape index (κ2) is 27.0. The van der Waals surface area contributed by atoms with E-state index in [0.717, 1.165) is 67.6 Å². The summed E-state index contributed by atoms with van der Waals surface area (Å²) in [7, 11) is 3.33. The number of aromatic carboxylic acids is 1. The van der Waals surface area contributed by atoms with Gasteiger partial charge in [-0.2, -0.15) is 0 Å².